The Morgan fingerprint density at radius 3 is 2.68 bits per heavy atom. The molecule has 0 spiro atoms. The Kier molecular flexibility index (Phi) is 4.94. The summed E-state index contributed by atoms with van der Waals surface area (Å²) in [5.74, 6) is 0.673. The molecule has 0 bridgehead atoms. The van der Waals surface area contributed by atoms with E-state index in [9.17, 15) is 10.1 Å². The van der Waals surface area contributed by atoms with E-state index in [-0.39, 0.29) is 11.5 Å². The number of ether oxygens (including phenoxy) is 2. The van der Waals surface area contributed by atoms with Crippen molar-refractivity contribution in [2.75, 3.05) is 20.8 Å². The van der Waals surface area contributed by atoms with E-state index in [1.54, 1.807) is 20.3 Å². The first kappa shape index (κ1) is 17.3. The first-order valence-electron chi connectivity index (χ1n) is 7.64. The topological polar surface area (TPSA) is 77.4 Å². The van der Waals surface area contributed by atoms with E-state index in [1.807, 2.05) is 36.5 Å². The van der Waals surface area contributed by atoms with Crippen molar-refractivity contribution >= 4 is 26.8 Å². The van der Waals surface area contributed by atoms with E-state index in [1.165, 1.54) is 0 Å². The summed E-state index contributed by atoms with van der Waals surface area (Å²) in [6.07, 6.45) is 1.84. The van der Waals surface area contributed by atoms with Crippen LogP contribution in [0.2, 0.25) is 0 Å². The minimum absolute atomic E-state index is 0.218. The molecule has 25 heavy (non-hydrogen) atoms. The summed E-state index contributed by atoms with van der Waals surface area (Å²) in [6.45, 7) is -0.218. The summed E-state index contributed by atoms with van der Waals surface area (Å²) >= 11 is 3.46. The summed E-state index contributed by atoms with van der Waals surface area (Å²) < 4.78 is 11.4. The second kappa shape index (κ2) is 7.14. The Morgan fingerprint density at radius 2 is 2.00 bits per heavy atom. The molecule has 3 aromatic rings. The van der Waals surface area contributed by atoms with Gasteiger partial charge >= 0.3 is 0 Å². The maximum Gasteiger partial charge on any atom is 0.214 e. The highest BCUT2D eigenvalue weighted by Gasteiger charge is 2.25. The first-order chi connectivity index (χ1) is 12.0. The van der Waals surface area contributed by atoms with E-state index < -0.39 is 5.92 Å². The molecule has 0 saturated carbocycles. The number of methoxy groups -OCH3 is 2. The van der Waals surface area contributed by atoms with Gasteiger partial charge in [-0.1, -0.05) is 18.2 Å². The lowest BCUT2D eigenvalue weighted by molar-refractivity contribution is -0.481. The van der Waals surface area contributed by atoms with Crippen LogP contribution in [0.15, 0.2) is 47.1 Å². The van der Waals surface area contributed by atoms with Gasteiger partial charge in [0.25, 0.3) is 0 Å². The van der Waals surface area contributed by atoms with E-state index >= 15 is 0 Å². The van der Waals surface area contributed by atoms with Gasteiger partial charge in [0.05, 0.1) is 24.6 Å². The van der Waals surface area contributed by atoms with Crippen molar-refractivity contribution in [2.45, 2.75) is 5.92 Å². The monoisotopic (exact) mass is 404 g/mol. The summed E-state index contributed by atoms with van der Waals surface area (Å²) in [6, 6.07) is 11.4. The molecule has 1 aromatic heterocycles. The van der Waals surface area contributed by atoms with Crippen molar-refractivity contribution in [1.82, 2.24) is 4.98 Å². The quantitative estimate of drug-likeness (QED) is 0.489. The summed E-state index contributed by atoms with van der Waals surface area (Å²) in [5.41, 5.74) is 2.61. The molecule has 7 heteroatoms. The van der Waals surface area contributed by atoms with Crippen LogP contribution in [0, 0.1) is 10.1 Å². The van der Waals surface area contributed by atoms with Gasteiger partial charge in [-0.25, -0.2) is 0 Å². The molecule has 0 saturated heterocycles. The Bertz CT molecular complexity index is 923. The number of nitrogens with one attached hydrogen (secondary N) is 1. The van der Waals surface area contributed by atoms with E-state index in [4.69, 9.17) is 9.47 Å². The number of H-pyrrole nitrogens is 1. The number of nitrogens with zero attached hydrogens (tertiary/aromatic N) is 1. The van der Waals surface area contributed by atoms with Gasteiger partial charge in [-0.2, -0.15) is 0 Å². The highest BCUT2D eigenvalue weighted by Crippen LogP contribution is 2.40. The number of hydrogen-bond acceptors (Lipinski definition) is 4. The number of para-hydroxylation sites is 1. The van der Waals surface area contributed by atoms with Crippen LogP contribution >= 0.6 is 15.9 Å². The standard InChI is InChI=1S/C18H17BrN2O4/c1-24-17-8-11(7-15(19)18(17)25-2)14(10-21(22)23)13-9-20-16-6-4-3-5-12(13)16/h3-9,14,20H,10H2,1-2H3/t14-/m1/s1. The molecule has 0 radical (unpaired) electrons. The minimum atomic E-state index is -0.415. The summed E-state index contributed by atoms with van der Waals surface area (Å²) in [7, 11) is 3.10. The molecule has 0 aliphatic carbocycles. The smallest absolute Gasteiger partial charge is 0.214 e. The second-order valence-electron chi connectivity index (χ2n) is 5.60. The number of halogens is 1. The number of aromatic nitrogens is 1. The van der Waals surface area contributed by atoms with Gasteiger partial charge in [0, 0.05) is 22.0 Å². The largest absolute Gasteiger partial charge is 0.493 e. The van der Waals surface area contributed by atoms with Crippen LogP contribution in [0.3, 0.4) is 0 Å². The minimum Gasteiger partial charge on any atom is -0.493 e. The molecule has 1 atom stereocenters. The highest BCUT2D eigenvalue weighted by molar-refractivity contribution is 9.10. The molecule has 0 amide bonds. The molecule has 1 heterocycles. The lowest BCUT2D eigenvalue weighted by Crippen LogP contribution is -2.14. The van der Waals surface area contributed by atoms with Gasteiger partial charge in [0.15, 0.2) is 11.5 Å². The lowest BCUT2D eigenvalue weighted by atomic mass is 9.90. The van der Waals surface area contributed by atoms with Crippen LogP contribution in [0.4, 0.5) is 0 Å². The van der Waals surface area contributed by atoms with Gasteiger partial charge in [-0.05, 0) is 45.3 Å². The maximum absolute atomic E-state index is 11.3. The molecule has 130 valence electrons. The Morgan fingerprint density at radius 1 is 1.24 bits per heavy atom. The zero-order chi connectivity index (χ0) is 18.0. The number of aromatic amines is 1. The second-order valence-corrected chi connectivity index (χ2v) is 6.45. The third kappa shape index (κ3) is 3.32. The number of nitro groups is 1. The van der Waals surface area contributed by atoms with Gasteiger partial charge in [-0.3, -0.25) is 10.1 Å². The molecular formula is C18H17BrN2O4. The molecule has 0 fully saturated rings. The number of benzene rings is 2. The van der Waals surface area contributed by atoms with Crippen LogP contribution in [-0.4, -0.2) is 30.7 Å². The van der Waals surface area contributed by atoms with Crippen LogP contribution in [0.1, 0.15) is 17.0 Å². The SMILES string of the molecule is COc1cc([C@@H](C[N+](=O)[O-])c2c[nH]c3ccccc23)cc(Br)c1OC. The Balaban J connectivity index is 2.17. The van der Waals surface area contributed by atoms with Crippen LogP contribution in [-0.2, 0) is 0 Å². The number of fused-ring (bicyclic) bond motifs is 1. The van der Waals surface area contributed by atoms with E-state index in [2.05, 4.69) is 20.9 Å². The zero-order valence-corrected chi connectivity index (χ0v) is 15.4. The van der Waals surface area contributed by atoms with Gasteiger partial charge < -0.3 is 14.5 Å². The third-order valence-corrected chi connectivity index (χ3v) is 4.78. The molecule has 6 nitrogen and oxygen atoms in total. The fourth-order valence-corrected chi connectivity index (χ4v) is 3.68. The molecule has 1 N–H and O–H groups in total. The normalized spacial score (nSPS) is 12.1. The van der Waals surface area contributed by atoms with Crippen molar-refractivity contribution in [2.24, 2.45) is 0 Å². The molecule has 0 aliphatic rings. The molecule has 3 rings (SSSR count). The number of rotatable bonds is 6. The van der Waals surface area contributed by atoms with E-state index in [0.29, 0.717) is 16.0 Å². The van der Waals surface area contributed by atoms with Gasteiger partial charge in [0.2, 0.25) is 6.54 Å². The van der Waals surface area contributed by atoms with Crippen molar-refractivity contribution in [3.63, 3.8) is 0 Å². The summed E-state index contributed by atoms with van der Waals surface area (Å²) in [5, 5.41) is 12.3. The predicted molar refractivity (Wildman–Crippen MR) is 99.2 cm³/mol. The van der Waals surface area contributed by atoms with Gasteiger partial charge in [0.1, 0.15) is 0 Å². The van der Waals surface area contributed by atoms with Crippen LogP contribution in [0.25, 0.3) is 10.9 Å². The average molecular weight is 405 g/mol. The maximum atomic E-state index is 11.3. The van der Waals surface area contributed by atoms with Crippen LogP contribution in [0.5, 0.6) is 11.5 Å². The van der Waals surface area contributed by atoms with Crippen LogP contribution < -0.4 is 9.47 Å². The van der Waals surface area contributed by atoms with Crippen molar-refractivity contribution in [3.8, 4) is 11.5 Å². The molecular weight excluding hydrogens is 388 g/mol. The Labute approximate surface area is 153 Å². The third-order valence-electron chi connectivity index (χ3n) is 4.19. The first-order valence-corrected chi connectivity index (χ1v) is 8.43. The van der Waals surface area contributed by atoms with Gasteiger partial charge in [-0.15, -0.1) is 0 Å². The molecule has 2 aromatic carbocycles. The molecule has 0 unspecified atom stereocenters. The average Bonchev–Trinajstić information content (AvgIpc) is 3.02. The highest BCUT2D eigenvalue weighted by atomic mass is 79.9. The lowest BCUT2D eigenvalue weighted by Gasteiger charge is -2.17. The Hall–Kier alpha value is -2.54. The molecule has 0 aliphatic heterocycles. The van der Waals surface area contributed by atoms with Crippen molar-refractivity contribution < 1.29 is 14.4 Å². The van der Waals surface area contributed by atoms with E-state index in [0.717, 1.165) is 22.0 Å². The number of hydrogen-bond donors (Lipinski definition) is 1. The fraction of sp³-hybridized carbons (Fsp3) is 0.222. The van der Waals surface area contributed by atoms with Crippen molar-refractivity contribution in [1.29, 1.82) is 0 Å². The predicted octanol–water partition coefficient (Wildman–Crippen LogP) is 4.36. The van der Waals surface area contributed by atoms with Crippen molar-refractivity contribution in [3.05, 3.63) is 68.3 Å². The summed E-state index contributed by atoms with van der Waals surface area (Å²) in [4.78, 5) is 14.2. The fourth-order valence-electron chi connectivity index (χ4n) is 3.05. The zero-order valence-electron chi connectivity index (χ0n) is 13.8.